The number of phenols is 1. The Morgan fingerprint density at radius 1 is 1.12 bits per heavy atom. The number of nitrogens with zero attached hydrogens (tertiary/aromatic N) is 4. The number of aromatic hydroxyl groups is 1. The fraction of sp³-hybridized carbons (Fsp3) is 0.333. The van der Waals surface area contributed by atoms with Crippen LogP contribution in [-0.2, 0) is 7.05 Å². The summed E-state index contributed by atoms with van der Waals surface area (Å²) >= 11 is 1.78. The summed E-state index contributed by atoms with van der Waals surface area (Å²) in [6, 6.07) is 5.89. The molecule has 128 valence electrons. The minimum absolute atomic E-state index is 0.194. The highest BCUT2D eigenvalue weighted by molar-refractivity contribution is 7.18. The summed E-state index contributed by atoms with van der Waals surface area (Å²) in [7, 11) is 1.88. The SMILES string of the molecule is Cn1cc2cc(-n3cc4cc(C5CCNCC5)sc4n3)c(O)cc2n1. The number of phenolic OH excluding ortho intramolecular Hbond substituents is 1. The van der Waals surface area contributed by atoms with Crippen LogP contribution in [-0.4, -0.2) is 37.8 Å². The highest BCUT2D eigenvalue weighted by Crippen LogP contribution is 2.36. The molecule has 5 rings (SSSR count). The molecule has 0 saturated carbocycles. The molecule has 0 unspecified atom stereocenters. The molecule has 6 nitrogen and oxygen atoms in total. The lowest BCUT2D eigenvalue weighted by molar-refractivity contribution is 0.465. The summed E-state index contributed by atoms with van der Waals surface area (Å²) in [5, 5.41) is 25.0. The van der Waals surface area contributed by atoms with Crippen molar-refractivity contribution in [3.63, 3.8) is 0 Å². The van der Waals surface area contributed by atoms with Crippen molar-refractivity contribution in [2.45, 2.75) is 18.8 Å². The normalized spacial score (nSPS) is 16.2. The Hall–Kier alpha value is -2.38. The van der Waals surface area contributed by atoms with Gasteiger partial charge in [-0.25, -0.2) is 4.68 Å². The molecule has 1 fully saturated rings. The molecule has 0 bridgehead atoms. The molecule has 25 heavy (non-hydrogen) atoms. The summed E-state index contributed by atoms with van der Waals surface area (Å²) in [6.45, 7) is 2.19. The van der Waals surface area contributed by atoms with E-state index in [1.54, 1.807) is 26.8 Å². The minimum atomic E-state index is 0.194. The van der Waals surface area contributed by atoms with E-state index in [4.69, 9.17) is 5.10 Å². The van der Waals surface area contributed by atoms with E-state index in [0.717, 1.165) is 34.2 Å². The van der Waals surface area contributed by atoms with Gasteiger partial charge in [0.25, 0.3) is 0 Å². The Morgan fingerprint density at radius 2 is 1.96 bits per heavy atom. The van der Waals surface area contributed by atoms with Crippen LogP contribution in [0.25, 0.3) is 26.8 Å². The predicted octanol–water partition coefficient (Wildman–Crippen LogP) is 3.15. The number of thiophene rings is 1. The zero-order valence-electron chi connectivity index (χ0n) is 13.9. The number of fused-ring (bicyclic) bond motifs is 2. The van der Waals surface area contributed by atoms with Gasteiger partial charge >= 0.3 is 0 Å². The van der Waals surface area contributed by atoms with Crippen LogP contribution in [0, 0.1) is 0 Å². The monoisotopic (exact) mass is 353 g/mol. The predicted molar refractivity (Wildman–Crippen MR) is 99.7 cm³/mol. The second kappa shape index (κ2) is 5.57. The van der Waals surface area contributed by atoms with Crippen LogP contribution in [0.15, 0.2) is 30.6 Å². The van der Waals surface area contributed by atoms with Gasteiger partial charge in [0.15, 0.2) is 0 Å². The summed E-state index contributed by atoms with van der Waals surface area (Å²) in [5.74, 6) is 0.842. The zero-order valence-corrected chi connectivity index (χ0v) is 14.8. The van der Waals surface area contributed by atoms with Gasteiger partial charge in [0.1, 0.15) is 16.3 Å². The van der Waals surface area contributed by atoms with Crippen molar-refractivity contribution in [2.75, 3.05) is 13.1 Å². The molecule has 0 amide bonds. The summed E-state index contributed by atoms with van der Waals surface area (Å²) < 4.78 is 3.52. The molecule has 3 aromatic heterocycles. The zero-order chi connectivity index (χ0) is 17.0. The maximum atomic E-state index is 10.4. The molecule has 1 saturated heterocycles. The highest BCUT2D eigenvalue weighted by Gasteiger charge is 2.19. The molecule has 2 N–H and O–H groups in total. The molecule has 1 aliphatic heterocycles. The first-order valence-electron chi connectivity index (χ1n) is 8.54. The molecular formula is C18H19N5OS. The van der Waals surface area contributed by atoms with Gasteiger partial charge in [-0.15, -0.1) is 11.3 Å². The quantitative estimate of drug-likeness (QED) is 0.581. The third-order valence-corrected chi connectivity index (χ3v) is 6.12. The lowest BCUT2D eigenvalue weighted by Crippen LogP contribution is -2.26. The largest absolute Gasteiger partial charge is 0.506 e. The third-order valence-electron chi connectivity index (χ3n) is 4.92. The summed E-state index contributed by atoms with van der Waals surface area (Å²) in [4.78, 5) is 2.46. The lowest BCUT2D eigenvalue weighted by atomic mass is 9.96. The molecule has 0 radical (unpaired) electrons. The van der Waals surface area contributed by atoms with Crippen molar-refractivity contribution in [3.05, 3.63) is 35.5 Å². The first kappa shape index (κ1) is 14.9. The van der Waals surface area contributed by atoms with Crippen LogP contribution in [0.2, 0.25) is 0 Å². The van der Waals surface area contributed by atoms with E-state index in [1.165, 1.54) is 17.7 Å². The van der Waals surface area contributed by atoms with Gasteiger partial charge < -0.3 is 10.4 Å². The smallest absolute Gasteiger partial charge is 0.146 e. The highest BCUT2D eigenvalue weighted by atomic mass is 32.1. The Labute approximate surface area is 148 Å². The maximum Gasteiger partial charge on any atom is 0.146 e. The molecule has 4 heterocycles. The number of piperidine rings is 1. The van der Waals surface area contributed by atoms with Crippen LogP contribution in [0.4, 0.5) is 0 Å². The second-order valence-electron chi connectivity index (χ2n) is 6.71. The molecule has 0 aliphatic carbocycles. The van der Waals surface area contributed by atoms with Gasteiger partial charge in [-0.1, -0.05) is 0 Å². The van der Waals surface area contributed by atoms with Crippen molar-refractivity contribution in [1.82, 2.24) is 24.9 Å². The molecule has 7 heteroatoms. The van der Waals surface area contributed by atoms with Crippen molar-refractivity contribution in [1.29, 1.82) is 0 Å². The van der Waals surface area contributed by atoms with E-state index < -0.39 is 0 Å². The average molecular weight is 353 g/mol. The average Bonchev–Trinajstić information content (AvgIpc) is 3.26. The van der Waals surface area contributed by atoms with E-state index in [9.17, 15) is 5.11 Å². The fourth-order valence-corrected chi connectivity index (χ4v) is 4.80. The van der Waals surface area contributed by atoms with Gasteiger partial charge in [-0.05, 0) is 44.0 Å². The molecule has 4 aromatic rings. The summed E-state index contributed by atoms with van der Waals surface area (Å²) in [5.41, 5.74) is 1.47. The second-order valence-corrected chi connectivity index (χ2v) is 7.77. The fourth-order valence-electron chi connectivity index (χ4n) is 3.63. The van der Waals surface area contributed by atoms with Crippen LogP contribution in [0.1, 0.15) is 23.6 Å². The molecule has 0 spiro atoms. The Bertz CT molecular complexity index is 1040. The van der Waals surface area contributed by atoms with E-state index in [-0.39, 0.29) is 5.75 Å². The number of benzene rings is 1. The number of aryl methyl sites for hydroxylation is 1. The van der Waals surface area contributed by atoms with Crippen molar-refractivity contribution >= 4 is 32.5 Å². The van der Waals surface area contributed by atoms with Gasteiger partial charge in [-0.3, -0.25) is 4.68 Å². The van der Waals surface area contributed by atoms with Crippen LogP contribution in [0.3, 0.4) is 0 Å². The number of hydrogen-bond acceptors (Lipinski definition) is 5. The van der Waals surface area contributed by atoms with Crippen LogP contribution in [0.5, 0.6) is 5.75 Å². The minimum Gasteiger partial charge on any atom is -0.506 e. The van der Waals surface area contributed by atoms with Gasteiger partial charge in [0, 0.05) is 41.2 Å². The molecule has 0 atom stereocenters. The number of rotatable bonds is 2. The van der Waals surface area contributed by atoms with Crippen molar-refractivity contribution in [2.24, 2.45) is 7.05 Å². The van der Waals surface area contributed by atoms with Gasteiger partial charge in [0.2, 0.25) is 0 Å². The topological polar surface area (TPSA) is 67.9 Å². The standard InChI is InChI=1S/C18H19N5OS/c1-22-9-12-6-15(16(24)8-14(12)20-22)23-10-13-7-17(25-18(13)21-23)11-2-4-19-5-3-11/h6-11,19,24H,2-5H2,1H3. The van der Waals surface area contributed by atoms with Crippen molar-refractivity contribution < 1.29 is 5.11 Å². The van der Waals surface area contributed by atoms with E-state index >= 15 is 0 Å². The first-order valence-corrected chi connectivity index (χ1v) is 9.35. The number of aromatic nitrogens is 4. The third kappa shape index (κ3) is 2.51. The molecular weight excluding hydrogens is 334 g/mol. The Balaban J connectivity index is 1.54. The summed E-state index contributed by atoms with van der Waals surface area (Å²) in [6.07, 6.45) is 6.34. The van der Waals surface area contributed by atoms with Gasteiger partial charge in [-0.2, -0.15) is 10.2 Å². The lowest BCUT2D eigenvalue weighted by Gasteiger charge is -2.21. The first-order chi connectivity index (χ1) is 12.2. The Kier molecular flexibility index (Phi) is 3.33. The Morgan fingerprint density at radius 3 is 2.76 bits per heavy atom. The molecule has 1 aromatic carbocycles. The van der Waals surface area contributed by atoms with E-state index in [1.807, 2.05) is 25.5 Å². The van der Waals surface area contributed by atoms with Crippen molar-refractivity contribution in [3.8, 4) is 11.4 Å². The molecule has 1 aliphatic rings. The number of nitrogens with one attached hydrogen (secondary N) is 1. The van der Waals surface area contributed by atoms with Crippen LogP contribution >= 0.6 is 11.3 Å². The van der Waals surface area contributed by atoms with Gasteiger partial charge in [0.05, 0.1) is 5.52 Å². The van der Waals surface area contributed by atoms with Crippen LogP contribution < -0.4 is 5.32 Å². The van der Waals surface area contributed by atoms with E-state index in [2.05, 4.69) is 16.5 Å². The number of hydrogen-bond donors (Lipinski definition) is 2. The van der Waals surface area contributed by atoms with E-state index in [0.29, 0.717) is 11.6 Å². The maximum absolute atomic E-state index is 10.4.